The van der Waals surface area contributed by atoms with E-state index in [9.17, 15) is 14.4 Å². The minimum atomic E-state index is -2.10. The van der Waals surface area contributed by atoms with Crippen molar-refractivity contribution in [2.24, 2.45) is 11.8 Å². The first-order valence-corrected chi connectivity index (χ1v) is 11.2. The standard InChI is InChI=1S/C17H30O6Si/c1-17(2,3)24(6,7)23-14-10-13(18)11(8-15(19)21-4)12(14)9-16(20)22-5/h11-12,14H,8-10H2,1-7H3/t11-,12+,14-/m0/s1. The van der Waals surface area contributed by atoms with Gasteiger partial charge in [-0.15, -0.1) is 0 Å². The van der Waals surface area contributed by atoms with Crippen LogP contribution in [0.15, 0.2) is 0 Å². The summed E-state index contributed by atoms with van der Waals surface area (Å²) in [5, 5.41) is -0.00764. The number of methoxy groups -OCH3 is 2. The highest BCUT2D eigenvalue weighted by Crippen LogP contribution is 2.43. The molecular weight excluding hydrogens is 328 g/mol. The summed E-state index contributed by atoms with van der Waals surface area (Å²) in [5.74, 6) is -1.79. The highest BCUT2D eigenvalue weighted by molar-refractivity contribution is 6.74. The van der Waals surface area contributed by atoms with Crippen LogP contribution in [0, 0.1) is 11.8 Å². The van der Waals surface area contributed by atoms with Crippen LogP contribution in [0.5, 0.6) is 0 Å². The zero-order valence-corrected chi connectivity index (χ0v) is 16.8. The maximum Gasteiger partial charge on any atom is 0.306 e. The lowest BCUT2D eigenvalue weighted by molar-refractivity contribution is -0.146. The molecular formula is C17H30O6Si. The molecule has 0 aromatic carbocycles. The molecule has 0 spiro atoms. The van der Waals surface area contributed by atoms with Gasteiger partial charge in [-0.05, 0) is 18.1 Å². The Bertz CT molecular complexity index is 494. The van der Waals surface area contributed by atoms with E-state index in [-0.39, 0.29) is 42.1 Å². The smallest absolute Gasteiger partial charge is 0.306 e. The zero-order chi connectivity index (χ0) is 18.7. The van der Waals surface area contributed by atoms with E-state index in [1.54, 1.807) is 0 Å². The summed E-state index contributed by atoms with van der Waals surface area (Å²) in [6, 6.07) is 0. The van der Waals surface area contributed by atoms with Gasteiger partial charge in [0.25, 0.3) is 0 Å². The van der Waals surface area contributed by atoms with Crippen LogP contribution in [0.1, 0.15) is 40.0 Å². The first-order valence-electron chi connectivity index (χ1n) is 8.27. The highest BCUT2D eigenvalue weighted by atomic mass is 28.4. The van der Waals surface area contributed by atoms with Crippen molar-refractivity contribution in [1.82, 2.24) is 0 Å². The van der Waals surface area contributed by atoms with Gasteiger partial charge >= 0.3 is 11.9 Å². The number of hydrogen-bond acceptors (Lipinski definition) is 6. The molecule has 1 fully saturated rings. The maximum absolute atomic E-state index is 12.4. The van der Waals surface area contributed by atoms with Gasteiger partial charge < -0.3 is 13.9 Å². The summed E-state index contributed by atoms with van der Waals surface area (Å²) in [5.41, 5.74) is 0. The number of hydrogen-bond donors (Lipinski definition) is 0. The van der Waals surface area contributed by atoms with Crippen LogP contribution in [0.3, 0.4) is 0 Å². The van der Waals surface area contributed by atoms with Crippen LogP contribution in [0.25, 0.3) is 0 Å². The molecule has 1 rings (SSSR count). The third-order valence-electron chi connectivity index (χ3n) is 5.31. The monoisotopic (exact) mass is 358 g/mol. The minimum Gasteiger partial charge on any atom is -0.469 e. The van der Waals surface area contributed by atoms with E-state index in [4.69, 9.17) is 13.9 Å². The summed E-state index contributed by atoms with van der Waals surface area (Å²) < 4.78 is 15.8. The van der Waals surface area contributed by atoms with Crippen molar-refractivity contribution in [3.8, 4) is 0 Å². The van der Waals surface area contributed by atoms with Crippen molar-refractivity contribution < 1.29 is 28.3 Å². The summed E-state index contributed by atoms with van der Waals surface area (Å²) in [6.07, 6.45) is -0.0694. The van der Waals surface area contributed by atoms with Gasteiger partial charge in [0.2, 0.25) is 0 Å². The Morgan fingerprint density at radius 2 is 1.58 bits per heavy atom. The molecule has 0 heterocycles. The molecule has 7 heteroatoms. The third-order valence-corrected chi connectivity index (χ3v) is 9.81. The van der Waals surface area contributed by atoms with Crippen LogP contribution >= 0.6 is 0 Å². The Morgan fingerprint density at radius 3 is 2.04 bits per heavy atom. The van der Waals surface area contributed by atoms with Gasteiger partial charge in [-0.3, -0.25) is 14.4 Å². The fraction of sp³-hybridized carbons (Fsp3) is 0.824. The molecule has 138 valence electrons. The molecule has 1 aliphatic rings. The van der Waals surface area contributed by atoms with Gasteiger partial charge in [0.1, 0.15) is 5.78 Å². The molecule has 24 heavy (non-hydrogen) atoms. The maximum atomic E-state index is 12.4. The van der Waals surface area contributed by atoms with Gasteiger partial charge in [0.05, 0.1) is 33.2 Å². The highest BCUT2D eigenvalue weighted by Gasteiger charge is 2.49. The molecule has 0 saturated heterocycles. The molecule has 1 aliphatic carbocycles. The van der Waals surface area contributed by atoms with Crippen LogP contribution in [0.2, 0.25) is 18.1 Å². The Balaban J connectivity index is 3.03. The van der Waals surface area contributed by atoms with Crippen LogP contribution < -0.4 is 0 Å². The fourth-order valence-corrected chi connectivity index (χ4v) is 4.13. The predicted octanol–water partition coefficient (Wildman–Crippen LogP) is 2.71. The average molecular weight is 359 g/mol. The number of ketones is 1. The number of carbonyl (C=O) groups is 3. The lowest BCUT2D eigenvalue weighted by atomic mass is 9.88. The topological polar surface area (TPSA) is 78.9 Å². The van der Waals surface area contributed by atoms with Crippen LogP contribution in [-0.2, 0) is 28.3 Å². The fourth-order valence-electron chi connectivity index (χ4n) is 2.76. The second-order valence-electron chi connectivity index (χ2n) is 7.92. The molecule has 0 aromatic rings. The number of rotatable bonds is 6. The summed E-state index contributed by atoms with van der Waals surface area (Å²) in [4.78, 5) is 35.9. The van der Waals surface area contributed by atoms with E-state index in [1.807, 2.05) is 0 Å². The molecule has 0 aliphatic heterocycles. The Kier molecular flexibility index (Phi) is 6.75. The predicted molar refractivity (Wildman–Crippen MR) is 91.9 cm³/mol. The number of Topliss-reactive ketones (excluding diaryl/α,β-unsaturated/α-hetero) is 1. The van der Waals surface area contributed by atoms with E-state index in [0.717, 1.165) is 0 Å². The molecule has 0 N–H and O–H groups in total. The van der Waals surface area contributed by atoms with Crippen molar-refractivity contribution in [3.63, 3.8) is 0 Å². The molecule has 0 amide bonds. The quantitative estimate of drug-likeness (QED) is 0.536. The third kappa shape index (κ3) is 4.89. The molecule has 0 unspecified atom stereocenters. The first-order chi connectivity index (χ1) is 10.9. The van der Waals surface area contributed by atoms with Gasteiger partial charge in [-0.2, -0.15) is 0 Å². The second-order valence-corrected chi connectivity index (χ2v) is 12.7. The van der Waals surface area contributed by atoms with Crippen molar-refractivity contribution in [3.05, 3.63) is 0 Å². The summed E-state index contributed by atoms with van der Waals surface area (Å²) in [6.45, 7) is 10.6. The summed E-state index contributed by atoms with van der Waals surface area (Å²) >= 11 is 0. The van der Waals surface area contributed by atoms with Crippen molar-refractivity contribution in [2.45, 2.75) is 64.3 Å². The molecule has 3 atom stereocenters. The zero-order valence-electron chi connectivity index (χ0n) is 15.8. The Hall–Kier alpha value is -1.21. The number of esters is 2. The Morgan fingerprint density at radius 1 is 1.08 bits per heavy atom. The first kappa shape index (κ1) is 20.8. The second kappa shape index (κ2) is 7.78. The molecule has 1 saturated carbocycles. The molecule has 0 bridgehead atoms. The van der Waals surface area contributed by atoms with Gasteiger partial charge in [-0.25, -0.2) is 0 Å². The lowest BCUT2D eigenvalue weighted by Gasteiger charge is -2.40. The largest absolute Gasteiger partial charge is 0.469 e. The minimum absolute atomic E-state index is 0.00764. The lowest BCUT2D eigenvalue weighted by Crippen LogP contribution is -2.45. The van der Waals surface area contributed by atoms with E-state index in [0.29, 0.717) is 0 Å². The van der Waals surface area contributed by atoms with Gasteiger partial charge in [0, 0.05) is 18.3 Å². The molecule has 0 radical (unpaired) electrons. The van der Waals surface area contributed by atoms with Gasteiger partial charge in [-0.1, -0.05) is 20.8 Å². The van der Waals surface area contributed by atoms with E-state index in [1.165, 1.54) is 14.2 Å². The number of carbonyl (C=O) groups excluding carboxylic acids is 3. The normalized spacial score (nSPS) is 24.8. The van der Waals surface area contributed by atoms with E-state index >= 15 is 0 Å². The van der Waals surface area contributed by atoms with E-state index in [2.05, 4.69) is 33.9 Å². The van der Waals surface area contributed by atoms with Crippen LogP contribution in [0.4, 0.5) is 0 Å². The van der Waals surface area contributed by atoms with Gasteiger partial charge in [0.15, 0.2) is 8.32 Å². The van der Waals surface area contributed by atoms with Crippen LogP contribution in [-0.4, -0.2) is 46.4 Å². The Labute approximate surface area is 145 Å². The summed E-state index contributed by atoms with van der Waals surface area (Å²) in [7, 11) is 0.509. The molecule has 6 nitrogen and oxygen atoms in total. The van der Waals surface area contributed by atoms with E-state index < -0.39 is 26.2 Å². The van der Waals surface area contributed by atoms with Crippen molar-refractivity contribution in [2.75, 3.05) is 14.2 Å². The van der Waals surface area contributed by atoms with Crippen molar-refractivity contribution in [1.29, 1.82) is 0 Å². The molecule has 0 aromatic heterocycles. The van der Waals surface area contributed by atoms with Crippen molar-refractivity contribution >= 4 is 26.0 Å². The number of ether oxygens (including phenoxy) is 2. The SMILES string of the molecule is COC(=O)C[C@H]1[C@@H](O[Si](C)(C)C(C)(C)C)CC(=O)[C@H]1CC(=O)OC. The average Bonchev–Trinajstić information content (AvgIpc) is 2.73.